The fraction of sp³-hybridized carbons (Fsp3) is 0.206. The van der Waals surface area contributed by atoms with Gasteiger partial charge in [0.1, 0.15) is 11.3 Å². The molecule has 4 aromatic carbocycles. The topological polar surface area (TPSA) is 53.7 Å². The number of nitrogens with zero attached hydrogens (tertiary/aromatic N) is 1. The fourth-order valence-corrected chi connectivity index (χ4v) is 5.53. The number of furan rings is 1. The highest BCUT2D eigenvalue weighted by Gasteiger charge is 2.34. The van der Waals surface area contributed by atoms with E-state index in [1.165, 1.54) is 6.07 Å². The first-order chi connectivity index (χ1) is 20.2. The number of hydrogen-bond acceptors (Lipinski definition) is 3. The van der Waals surface area contributed by atoms with Crippen LogP contribution in [0.2, 0.25) is 5.02 Å². The van der Waals surface area contributed by atoms with Gasteiger partial charge in [0.2, 0.25) is 0 Å². The summed E-state index contributed by atoms with van der Waals surface area (Å²) >= 11 is 6.32. The number of halogens is 5. The van der Waals surface area contributed by atoms with Gasteiger partial charge in [-0.15, -0.1) is 12.4 Å². The Labute approximate surface area is 259 Å². The predicted octanol–water partition coefficient (Wildman–Crippen LogP) is 9.03. The molecular formula is C34H30Cl2F3NO3. The second-order valence-corrected chi connectivity index (χ2v) is 10.7. The van der Waals surface area contributed by atoms with Crippen molar-refractivity contribution in [2.45, 2.75) is 31.5 Å². The summed E-state index contributed by atoms with van der Waals surface area (Å²) in [5, 5.41) is 9.69. The SMILES string of the molecule is Cl.O=C(O)Cc1ccc2cc(CCN(Cc3cccc(C(F)(F)F)c3Cl)CC(c3ccccc3)c3ccccc3)oc2c1. The summed E-state index contributed by atoms with van der Waals surface area (Å²) < 4.78 is 47.0. The van der Waals surface area contributed by atoms with Crippen molar-refractivity contribution in [3.63, 3.8) is 0 Å². The Balaban J connectivity index is 0.00000423. The number of carbonyl (C=O) groups is 1. The third kappa shape index (κ3) is 8.20. The Kier molecular flexibility index (Phi) is 10.6. The molecule has 224 valence electrons. The normalized spacial score (nSPS) is 11.7. The number of carboxylic acid groups (broad SMARTS) is 1. The Bertz CT molecular complexity index is 1620. The van der Waals surface area contributed by atoms with Crippen LogP contribution in [-0.4, -0.2) is 29.1 Å². The van der Waals surface area contributed by atoms with Gasteiger partial charge in [0.05, 0.1) is 17.0 Å². The lowest BCUT2D eigenvalue weighted by molar-refractivity contribution is -0.138. The molecule has 0 atom stereocenters. The van der Waals surface area contributed by atoms with Gasteiger partial charge >= 0.3 is 12.1 Å². The highest BCUT2D eigenvalue weighted by Crippen LogP contribution is 2.37. The minimum atomic E-state index is -4.55. The summed E-state index contributed by atoms with van der Waals surface area (Å²) in [4.78, 5) is 13.2. The molecule has 5 aromatic rings. The molecule has 1 aromatic heterocycles. The molecule has 0 aliphatic rings. The van der Waals surface area contributed by atoms with Crippen molar-refractivity contribution in [3.05, 3.63) is 142 Å². The monoisotopic (exact) mass is 627 g/mol. The lowest BCUT2D eigenvalue weighted by Gasteiger charge is -2.29. The molecule has 0 aliphatic carbocycles. The van der Waals surface area contributed by atoms with Crippen molar-refractivity contribution in [2.24, 2.45) is 0 Å². The number of hydrogen-bond donors (Lipinski definition) is 1. The number of rotatable bonds is 11. The third-order valence-corrected chi connectivity index (χ3v) is 7.73. The van der Waals surface area contributed by atoms with Crippen LogP contribution < -0.4 is 0 Å². The number of fused-ring (bicyclic) bond motifs is 1. The molecule has 1 N–H and O–H groups in total. The zero-order valence-electron chi connectivity index (χ0n) is 23.1. The first-order valence-corrected chi connectivity index (χ1v) is 13.9. The summed E-state index contributed by atoms with van der Waals surface area (Å²) in [7, 11) is 0. The summed E-state index contributed by atoms with van der Waals surface area (Å²) in [5.41, 5.74) is 2.98. The van der Waals surface area contributed by atoms with E-state index in [0.29, 0.717) is 42.0 Å². The molecule has 0 spiro atoms. The number of benzene rings is 4. The molecule has 0 amide bonds. The lowest BCUT2D eigenvalue weighted by atomic mass is 9.90. The van der Waals surface area contributed by atoms with E-state index in [-0.39, 0.29) is 36.3 Å². The smallest absolute Gasteiger partial charge is 0.417 e. The standard InChI is InChI=1S/C34H29ClF3NO3.ClH/c35-33-27(12-7-13-30(33)34(36,37)38)21-39(22-29(24-8-3-1-4-9-24)25-10-5-2-6-11-25)17-16-28-20-26-15-14-23(19-32(40)41)18-31(26)42-28;/h1-15,18,20,29H,16-17,19,21-22H2,(H,40,41);1H. The molecule has 9 heteroatoms. The number of carboxylic acids is 1. The van der Waals surface area contributed by atoms with Crippen molar-refractivity contribution < 1.29 is 27.5 Å². The van der Waals surface area contributed by atoms with Gasteiger partial charge in [0, 0.05) is 37.4 Å². The van der Waals surface area contributed by atoms with Crippen molar-refractivity contribution in [1.29, 1.82) is 0 Å². The molecule has 0 unspecified atom stereocenters. The Morgan fingerprint density at radius 3 is 2.14 bits per heavy atom. The van der Waals surface area contributed by atoms with Crippen molar-refractivity contribution >= 4 is 40.9 Å². The quantitative estimate of drug-likeness (QED) is 0.159. The zero-order chi connectivity index (χ0) is 29.7. The summed E-state index contributed by atoms with van der Waals surface area (Å²) in [6.45, 7) is 1.23. The van der Waals surface area contributed by atoms with Crippen molar-refractivity contribution in [2.75, 3.05) is 13.1 Å². The van der Waals surface area contributed by atoms with Crippen LogP contribution in [0.15, 0.2) is 108 Å². The van der Waals surface area contributed by atoms with E-state index in [2.05, 4.69) is 29.2 Å². The maximum absolute atomic E-state index is 13.6. The first kappa shape index (κ1) is 32.1. The molecule has 0 radical (unpaired) electrons. The Hall–Kier alpha value is -3.78. The number of alkyl halides is 3. The first-order valence-electron chi connectivity index (χ1n) is 13.6. The second kappa shape index (κ2) is 14.1. The fourth-order valence-electron chi connectivity index (χ4n) is 5.24. The number of aliphatic carboxylic acids is 1. The van der Waals surface area contributed by atoms with E-state index < -0.39 is 17.7 Å². The van der Waals surface area contributed by atoms with E-state index >= 15 is 0 Å². The van der Waals surface area contributed by atoms with Crippen molar-refractivity contribution in [1.82, 2.24) is 4.90 Å². The van der Waals surface area contributed by atoms with Gasteiger partial charge in [-0.3, -0.25) is 9.69 Å². The van der Waals surface area contributed by atoms with Gasteiger partial charge in [-0.2, -0.15) is 13.2 Å². The van der Waals surface area contributed by atoms with E-state index in [4.69, 9.17) is 21.1 Å². The van der Waals surface area contributed by atoms with Crippen LogP contribution >= 0.6 is 24.0 Å². The van der Waals surface area contributed by atoms with Gasteiger partial charge in [0.25, 0.3) is 0 Å². The van der Waals surface area contributed by atoms with E-state index in [9.17, 15) is 18.0 Å². The van der Waals surface area contributed by atoms with Crippen LogP contribution in [0.1, 0.15) is 39.5 Å². The van der Waals surface area contributed by atoms with Crippen LogP contribution in [0.4, 0.5) is 13.2 Å². The average molecular weight is 629 g/mol. The molecule has 0 saturated carbocycles. The van der Waals surface area contributed by atoms with Crippen LogP contribution in [0.3, 0.4) is 0 Å². The highest BCUT2D eigenvalue weighted by molar-refractivity contribution is 6.32. The van der Waals surface area contributed by atoms with Crippen LogP contribution in [0.5, 0.6) is 0 Å². The minimum absolute atomic E-state index is 0. The van der Waals surface area contributed by atoms with Crippen molar-refractivity contribution in [3.8, 4) is 0 Å². The van der Waals surface area contributed by atoms with Gasteiger partial charge in [-0.1, -0.05) is 96.5 Å². The molecule has 5 rings (SSSR count). The third-order valence-electron chi connectivity index (χ3n) is 7.29. The lowest BCUT2D eigenvalue weighted by Crippen LogP contribution is -2.31. The van der Waals surface area contributed by atoms with E-state index in [0.717, 1.165) is 22.6 Å². The van der Waals surface area contributed by atoms with Gasteiger partial charge in [0.15, 0.2) is 0 Å². The molecular weight excluding hydrogens is 598 g/mol. The second-order valence-electron chi connectivity index (χ2n) is 10.3. The Morgan fingerprint density at radius 2 is 1.53 bits per heavy atom. The molecule has 0 fully saturated rings. The molecule has 4 nitrogen and oxygen atoms in total. The summed E-state index contributed by atoms with van der Waals surface area (Å²) in [6.07, 6.45) is -4.16. The van der Waals surface area contributed by atoms with Gasteiger partial charge in [-0.05, 0) is 40.5 Å². The maximum Gasteiger partial charge on any atom is 0.417 e. The highest BCUT2D eigenvalue weighted by atomic mass is 35.5. The Morgan fingerprint density at radius 1 is 0.884 bits per heavy atom. The molecule has 43 heavy (non-hydrogen) atoms. The average Bonchev–Trinajstić information content (AvgIpc) is 3.37. The maximum atomic E-state index is 13.6. The van der Waals surface area contributed by atoms with E-state index in [1.807, 2.05) is 48.5 Å². The summed E-state index contributed by atoms with van der Waals surface area (Å²) in [6, 6.07) is 31.3. The molecule has 0 bridgehead atoms. The zero-order valence-corrected chi connectivity index (χ0v) is 24.6. The van der Waals surface area contributed by atoms with Gasteiger partial charge in [-0.25, -0.2) is 0 Å². The minimum Gasteiger partial charge on any atom is -0.481 e. The van der Waals surface area contributed by atoms with Crippen LogP contribution in [0, 0.1) is 0 Å². The molecule has 1 heterocycles. The molecule has 0 aliphatic heterocycles. The van der Waals surface area contributed by atoms with Gasteiger partial charge < -0.3 is 9.52 Å². The van der Waals surface area contributed by atoms with E-state index in [1.54, 1.807) is 18.2 Å². The summed E-state index contributed by atoms with van der Waals surface area (Å²) in [5.74, 6) is -0.253. The van der Waals surface area contributed by atoms with Crippen LogP contribution in [-0.2, 0) is 30.4 Å². The largest absolute Gasteiger partial charge is 0.481 e. The predicted molar refractivity (Wildman–Crippen MR) is 165 cm³/mol. The molecule has 0 saturated heterocycles. The van der Waals surface area contributed by atoms with Crippen LogP contribution in [0.25, 0.3) is 11.0 Å².